The molecule has 3 rings (SSSR count). The lowest BCUT2D eigenvalue weighted by Crippen LogP contribution is -2.15. The summed E-state index contributed by atoms with van der Waals surface area (Å²) in [6.07, 6.45) is 4.99. The number of fused-ring (bicyclic) bond motifs is 1. The van der Waals surface area contributed by atoms with Crippen LogP contribution < -0.4 is 19.9 Å². The zero-order valence-electron chi connectivity index (χ0n) is 15.8. The molecule has 0 radical (unpaired) electrons. The number of rotatable bonds is 8. The van der Waals surface area contributed by atoms with Crippen LogP contribution in [-0.2, 0) is 0 Å². The Morgan fingerprint density at radius 2 is 1.96 bits per heavy atom. The van der Waals surface area contributed by atoms with Crippen molar-refractivity contribution in [3.8, 4) is 17.2 Å². The molecule has 2 aromatic carbocycles. The fourth-order valence-electron chi connectivity index (χ4n) is 2.54. The Morgan fingerprint density at radius 1 is 1.18 bits per heavy atom. The second-order valence-electron chi connectivity index (χ2n) is 5.76. The molecule has 1 heterocycles. The fraction of sp³-hybridized carbons (Fsp3) is 0.143. The zero-order chi connectivity index (χ0) is 19.8. The van der Waals surface area contributed by atoms with Gasteiger partial charge in [-0.3, -0.25) is 14.7 Å². The quantitative estimate of drug-likeness (QED) is 0.441. The number of hydrogen-bond acceptors (Lipinski definition) is 7. The van der Waals surface area contributed by atoms with Gasteiger partial charge in [-0.1, -0.05) is 0 Å². The molecule has 0 saturated heterocycles. The minimum Gasteiger partial charge on any atom is -0.497 e. The largest absolute Gasteiger partial charge is 0.497 e. The summed E-state index contributed by atoms with van der Waals surface area (Å²) in [4.78, 5) is 9.60. The van der Waals surface area contributed by atoms with Gasteiger partial charge in [-0.2, -0.15) is 0 Å². The highest BCUT2D eigenvalue weighted by atomic mass is 32.2. The maximum Gasteiger partial charge on any atom is 0.138 e. The Labute approximate surface area is 168 Å². The van der Waals surface area contributed by atoms with Gasteiger partial charge in [-0.25, -0.2) is 0 Å². The number of aromatic nitrogens is 1. The first-order valence-corrected chi connectivity index (χ1v) is 9.49. The summed E-state index contributed by atoms with van der Waals surface area (Å²) in [6.45, 7) is 0.625. The highest BCUT2D eigenvalue weighted by molar-refractivity contribution is 7.97. The summed E-state index contributed by atoms with van der Waals surface area (Å²) in [7, 11) is 3.38. The molecular formula is C21H22N4O2S. The number of aliphatic imine (C=N–C) groups is 1. The smallest absolute Gasteiger partial charge is 0.138 e. The molecule has 3 N–H and O–H groups in total. The van der Waals surface area contributed by atoms with Crippen LogP contribution in [0.3, 0.4) is 0 Å². The fourth-order valence-corrected chi connectivity index (χ4v) is 3.20. The monoisotopic (exact) mass is 394 g/mol. The van der Waals surface area contributed by atoms with E-state index in [0.717, 1.165) is 38.8 Å². The third-order valence-corrected chi connectivity index (χ3v) is 4.78. The second-order valence-corrected chi connectivity index (χ2v) is 6.73. The van der Waals surface area contributed by atoms with E-state index in [0.29, 0.717) is 6.54 Å². The molecule has 0 unspecified atom stereocenters. The predicted octanol–water partition coefficient (Wildman–Crippen LogP) is 4.18. The van der Waals surface area contributed by atoms with Gasteiger partial charge < -0.3 is 15.2 Å². The van der Waals surface area contributed by atoms with Crippen LogP contribution in [0.4, 0.5) is 0 Å². The first-order chi connectivity index (χ1) is 13.7. The normalized spacial score (nSPS) is 11.9. The number of hydrogen-bond donors (Lipinski definition) is 2. The number of nitrogens with two attached hydrogens (primary N) is 1. The van der Waals surface area contributed by atoms with Crippen molar-refractivity contribution in [2.45, 2.75) is 4.90 Å². The highest BCUT2D eigenvalue weighted by Gasteiger charge is 2.06. The molecule has 3 aromatic rings. The molecule has 0 saturated carbocycles. The number of benzene rings is 2. The van der Waals surface area contributed by atoms with Crippen LogP contribution in [0.1, 0.15) is 0 Å². The Morgan fingerprint density at radius 3 is 2.68 bits per heavy atom. The van der Waals surface area contributed by atoms with Gasteiger partial charge in [0.15, 0.2) is 0 Å². The maximum atomic E-state index is 6.06. The van der Waals surface area contributed by atoms with Gasteiger partial charge in [0.05, 0.1) is 18.3 Å². The van der Waals surface area contributed by atoms with E-state index in [4.69, 9.17) is 15.2 Å². The van der Waals surface area contributed by atoms with E-state index in [-0.39, 0.29) is 0 Å². The summed E-state index contributed by atoms with van der Waals surface area (Å²) in [5.41, 5.74) is 7.11. The molecule has 0 bridgehead atoms. The molecule has 0 atom stereocenters. The number of nitrogens with zero attached hydrogens (tertiary/aromatic N) is 2. The third kappa shape index (κ3) is 5.03. The Kier molecular flexibility index (Phi) is 6.89. The number of nitrogens with one attached hydrogen (secondary N) is 1. The van der Waals surface area contributed by atoms with Crippen molar-refractivity contribution >= 4 is 28.6 Å². The molecule has 0 amide bonds. The van der Waals surface area contributed by atoms with Gasteiger partial charge in [-0.15, -0.1) is 0 Å². The Balaban J connectivity index is 1.65. The first kappa shape index (κ1) is 19.7. The standard InChI is InChI=1S/C21H22N4O2S/c1-23-15(9-11-22)14-25-28-18-6-3-16(4-7-18)27-21-10-12-24-20-13-17(26-2)5-8-19(20)21/h3-13,25H,14,22H2,1-2H3/b11-9-,23-15?. The molecule has 144 valence electrons. The number of ether oxygens (including phenoxy) is 2. The van der Waals surface area contributed by atoms with E-state index in [1.807, 2.05) is 48.5 Å². The lowest BCUT2D eigenvalue weighted by molar-refractivity contribution is 0.415. The summed E-state index contributed by atoms with van der Waals surface area (Å²) >= 11 is 1.53. The molecule has 1 aromatic heterocycles. The van der Waals surface area contributed by atoms with Crippen molar-refractivity contribution in [3.05, 3.63) is 67.0 Å². The molecular weight excluding hydrogens is 372 g/mol. The molecule has 7 heteroatoms. The van der Waals surface area contributed by atoms with Crippen molar-refractivity contribution in [3.63, 3.8) is 0 Å². The zero-order valence-corrected chi connectivity index (χ0v) is 16.6. The predicted molar refractivity (Wildman–Crippen MR) is 115 cm³/mol. The Bertz CT molecular complexity index is 987. The van der Waals surface area contributed by atoms with Crippen molar-refractivity contribution in [1.29, 1.82) is 0 Å². The van der Waals surface area contributed by atoms with E-state index in [2.05, 4.69) is 14.7 Å². The van der Waals surface area contributed by atoms with Crippen molar-refractivity contribution < 1.29 is 9.47 Å². The lowest BCUT2D eigenvalue weighted by Gasteiger charge is -2.10. The van der Waals surface area contributed by atoms with E-state index >= 15 is 0 Å². The van der Waals surface area contributed by atoms with Gasteiger partial charge >= 0.3 is 0 Å². The van der Waals surface area contributed by atoms with Crippen molar-refractivity contribution in [1.82, 2.24) is 9.71 Å². The number of methoxy groups -OCH3 is 1. The van der Waals surface area contributed by atoms with E-state index < -0.39 is 0 Å². The van der Waals surface area contributed by atoms with Gasteiger partial charge in [0.1, 0.15) is 17.2 Å². The van der Waals surface area contributed by atoms with E-state index in [9.17, 15) is 0 Å². The van der Waals surface area contributed by atoms with Crippen LogP contribution in [0, 0.1) is 0 Å². The van der Waals surface area contributed by atoms with Crippen LogP contribution >= 0.6 is 11.9 Å². The molecule has 0 fully saturated rings. The van der Waals surface area contributed by atoms with E-state index in [1.165, 1.54) is 18.1 Å². The summed E-state index contributed by atoms with van der Waals surface area (Å²) in [5.74, 6) is 2.28. The van der Waals surface area contributed by atoms with Gasteiger partial charge in [0.25, 0.3) is 0 Å². The van der Waals surface area contributed by atoms with Crippen molar-refractivity contribution in [2.24, 2.45) is 10.7 Å². The summed E-state index contributed by atoms with van der Waals surface area (Å²) < 4.78 is 14.6. The lowest BCUT2D eigenvalue weighted by atomic mass is 10.2. The van der Waals surface area contributed by atoms with Crippen LogP contribution in [0.5, 0.6) is 17.2 Å². The molecule has 28 heavy (non-hydrogen) atoms. The SMILES string of the molecule is CN=C(/C=C\N)CNSc1ccc(Oc2ccnc3cc(OC)ccc23)cc1. The second kappa shape index (κ2) is 9.77. The highest BCUT2D eigenvalue weighted by Crippen LogP contribution is 2.31. The molecule has 6 nitrogen and oxygen atoms in total. The van der Waals surface area contributed by atoms with Crippen LogP contribution in [0.2, 0.25) is 0 Å². The molecule has 0 spiro atoms. The van der Waals surface area contributed by atoms with Gasteiger partial charge in [0.2, 0.25) is 0 Å². The minimum atomic E-state index is 0.625. The average Bonchev–Trinajstić information content (AvgIpc) is 2.74. The average molecular weight is 395 g/mol. The van der Waals surface area contributed by atoms with Gasteiger partial charge in [0, 0.05) is 36.1 Å². The topological polar surface area (TPSA) is 81.8 Å². The Hall–Kier alpha value is -3.03. The van der Waals surface area contributed by atoms with Gasteiger partial charge in [-0.05, 0) is 66.7 Å². The first-order valence-electron chi connectivity index (χ1n) is 8.68. The number of pyridine rings is 1. The third-order valence-electron chi connectivity index (χ3n) is 3.98. The summed E-state index contributed by atoms with van der Waals surface area (Å²) in [6, 6.07) is 15.5. The van der Waals surface area contributed by atoms with Crippen LogP contribution in [0.25, 0.3) is 10.9 Å². The maximum absolute atomic E-state index is 6.06. The molecule has 0 aliphatic rings. The van der Waals surface area contributed by atoms with Crippen molar-refractivity contribution in [2.75, 3.05) is 20.7 Å². The minimum absolute atomic E-state index is 0.625. The van der Waals surface area contributed by atoms with Crippen LogP contribution in [-0.4, -0.2) is 31.4 Å². The van der Waals surface area contributed by atoms with E-state index in [1.54, 1.807) is 26.4 Å². The van der Waals surface area contributed by atoms with Crippen LogP contribution in [0.15, 0.2) is 76.9 Å². The summed E-state index contributed by atoms with van der Waals surface area (Å²) in [5, 5.41) is 0.933. The molecule has 0 aliphatic carbocycles. The molecule has 0 aliphatic heterocycles.